The molecular weight excluding hydrogens is 489 g/mol. The monoisotopic (exact) mass is 519 g/mol. The van der Waals surface area contributed by atoms with E-state index >= 15 is 0 Å². The Hall–Kier alpha value is -2.32. The van der Waals surface area contributed by atoms with Gasteiger partial charge in [-0.1, -0.05) is 42.8 Å². The van der Waals surface area contributed by atoms with Crippen LogP contribution >= 0.6 is 23.2 Å². The molecule has 0 fully saturated rings. The highest BCUT2D eigenvalue weighted by Crippen LogP contribution is 2.40. The van der Waals surface area contributed by atoms with E-state index in [0.717, 1.165) is 16.9 Å². The largest absolute Gasteiger partial charge is 0.454 e. The number of hydrogen-bond acceptors (Lipinski definition) is 4. The lowest BCUT2D eigenvalue weighted by Crippen LogP contribution is -2.26. The van der Waals surface area contributed by atoms with E-state index in [2.05, 4.69) is 24.6 Å². The summed E-state index contributed by atoms with van der Waals surface area (Å²) < 4.78 is 13.6. The molecule has 3 aromatic rings. The van der Waals surface area contributed by atoms with Crippen LogP contribution in [0.2, 0.25) is 35.7 Å². The van der Waals surface area contributed by atoms with Gasteiger partial charge in [0.2, 0.25) is 0 Å². The van der Waals surface area contributed by atoms with Gasteiger partial charge in [-0.25, -0.2) is 4.99 Å². The Kier molecular flexibility index (Phi) is 8.46. The van der Waals surface area contributed by atoms with E-state index in [0.29, 0.717) is 39.4 Å². The number of benzene rings is 2. The van der Waals surface area contributed by atoms with Gasteiger partial charge in [0.25, 0.3) is 5.56 Å². The number of halogens is 2. The minimum absolute atomic E-state index is 0.0610. The molecule has 0 amide bonds. The van der Waals surface area contributed by atoms with Crippen molar-refractivity contribution in [2.45, 2.75) is 39.3 Å². The minimum atomic E-state index is -1.20. The van der Waals surface area contributed by atoms with Crippen LogP contribution in [0.15, 0.2) is 46.2 Å². The van der Waals surface area contributed by atoms with Crippen LogP contribution in [0.25, 0.3) is 10.9 Å². The van der Waals surface area contributed by atoms with Crippen LogP contribution in [-0.4, -0.2) is 44.6 Å². The number of nitrogens with zero attached hydrogens (tertiary/aromatic N) is 3. The van der Waals surface area contributed by atoms with Crippen molar-refractivity contribution >= 4 is 54.2 Å². The van der Waals surface area contributed by atoms with Crippen LogP contribution in [0.5, 0.6) is 11.5 Å². The van der Waals surface area contributed by atoms with Crippen LogP contribution in [-0.2, 0) is 11.5 Å². The Balaban J connectivity index is 1.87. The van der Waals surface area contributed by atoms with Crippen molar-refractivity contribution in [1.82, 2.24) is 9.47 Å². The third-order valence-corrected chi connectivity index (χ3v) is 7.37. The predicted molar refractivity (Wildman–Crippen MR) is 145 cm³/mol. The summed E-state index contributed by atoms with van der Waals surface area (Å²) in [5.41, 5.74) is 1.98. The lowest BCUT2D eigenvalue weighted by atomic mass is 10.1. The molecule has 6 nitrogen and oxygen atoms in total. The molecule has 1 aromatic heterocycles. The summed E-state index contributed by atoms with van der Waals surface area (Å²) in [7, 11) is 2.56. The molecule has 3 rings (SSSR count). The van der Waals surface area contributed by atoms with Gasteiger partial charge in [0, 0.05) is 39.7 Å². The van der Waals surface area contributed by atoms with Crippen LogP contribution in [0.3, 0.4) is 0 Å². The lowest BCUT2D eigenvalue weighted by molar-refractivity contribution is 0.0877. The van der Waals surface area contributed by atoms with E-state index in [1.807, 2.05) is 37.2 Å². The normalized spacial score (nSPS) is 12.0. The van der Waals surface area contributed by atoms with E-state index in [9.17, 15) is 4.79 Å². The predicted octanol–water partition coefficient (Wildman–Crippen LogP) is 6.94. The van der Waals surface area contributed by atoms with E-state index in [4.69, 9.17) is 32.7 Å². The summed E-state index contributed by atoms with van der Waals surface area (Å²) in [4.78, 5) is 18.9. The van der Waals surface area contributed by atoms with Crippen molar-refractivity contribution in [3.63, 3.8) is 0 Å². The summed E-state index contributed by atoms with van der Waals surface area (Å²) >= 11 is 12.9. The SMILES string of the molecule is Cc1cc2cc(Oc3c(Cl)cc(N=CN(C)C)cc3Cl)ccc2n(COCC[Si](C)(C)C)c1=O. The molecule has 2 aromatic carbocycles. The maximum Gasteiger partial charge on any atom is 0.255 e. The zero-order valence-electron chi connectivity index (χ0n) is 20.5. The van der Waals surface area contributed by atoms with E-state index < -0.39 is 8.07 Å². The Morgan fingerprint density at radius 1 is 1.09 bits per heavy atom. The highest BCUT2D eigenvalue weighted by molar-refractivity contribution is 6.76. The van der Waals surface area contributed by atoms with Gasteiger partial charge < -0.3 is 14.4 Å². The molecule has 0 unspecified atom stereocenters. The second kappa shape index (κ2) is 10.9. The summed E-state index contributed by atoms with van der Waals surface area (Å²) in [6.45, 7) is 9.56. The Bertz CT molecular complexity index is 1240. The number of hydrogen-bond donors (Lipinski definition) is 0. The molecular formula is C25H31Cl2N3O3Si. The van der Waals surface area contributed by atoms with E-state index in [1.54, 1.807) is 36.0 Å². The minimum Gasteiger partial charge on any atom is -0.454 e. The third-order valence-electron chi connectivity index (χ3n) is 5.10. The lowest BCUT2D eigenvalue weighted by Gasteiger charge is -2.17. The topological polar surface area (TPSA) is 56.1 Å². The highest BCUT2D eigenvalue weighted by atomic mass is 35.5. The number of rotatable bonds is 9. The van der Waals surface area contributed by atoms with E-state index in [1.165, 1.54) is 0 Å². The van der Waals surface area contributed by atoms with Crippen LogP contribution in [0.4, 0.5) is 5.69 Å². The van der Waals surface area contributed by atoms with Gasteiger partial charge in [0.1, 0.15) is 12.5 Å². The van der Waals surface area contributed by atoms with Gasteiger partial charge in [0.05, 0.1) is 27.6 Å². The molecule has 0 saturated heterocycles. The first-order chi connectivity index (χ1) is 15.9. The molecule has 34 heavy (non-hydrogen) atoms. The highest BCUT2D eigenvalue weighted by Gasteiger charge is 2.14. The second-order valence-corrected chi connectivity index (χ2v) is 16.1. The van der Waals surface area contributed by atoms with Crippen molar-refractivity contribution in [2.24, 2.45) is 4.99 Å². The van der Waals surface area contributed by atoms with Gasteiger partial charge in [-0.2, -0.15) is 0 Å². The maximum absolute atomic E-state index is 12.8. The Morgan fingerprint density at radius 2 is 1.76 bits per heavy atom. The number of pyridine rings is 1. The van der Waals surface area contributed by atoms with Gasteiger partial charge in [-0.05, 0) is 49.4 Å². The van der Waals surface area contributed by atoms with Crippen molar-refractivity contribution in [2.75, 3.05) is 20.7 Å². The van der Waals surface area contributed by atoms with E-state index in [-0.39, 0.29) is 12.3 Å². The second-order valence-electron chi connectivity index (χ2n) is 9.68. The number of aliphatic imine (C=N–C) groups is 1. The van der Waals surface area contributed by atoms with Crippen LogP contribution < -0.4 is 10.3 Å². The van der Waals surface area contributed by atoms with Crippen molar-refractivity contribution in [1.29, 1.82) is 0 Å². The number of ether oxygens (including phenoxy) is 2. The Morgan fingerprint density at radius 3 is 2.38 bits per heavy atom. The van der Waals surface area contributed by atoms with Crippen molar-refractivity contribution < 1.29 is 9.47 Å². The zero-order valence-corrected chi connectivity index (χ0v) is 23.0. The third kappa shape index (κ3) is 6.85. The van der Waals surface area contributed by atoms with Crippen LogP contribution in [0.1, 0.15) is 5.56 Å². The average Bonchev–Trinajstić information content (AvgIpc) is 2.74. The molecule has 0 aliphatic rings. The van der Waals surface area contributed by atoms with Crippen molar-refractivity contribution in [3.8, 4) is 11.5 Å². The summed E-state index contributed by atoms with van der Waals surface area (Å²) in [6, 6.07) is 11.8. The summed E-state index contributed by atoms with van der Waals surface area (Å²) in [5, 5.41) is 1.58. The molecule has 0 aliphatic carbocycles. The molecule has 0 radical (unpaired) electrons. The number of fused-ring (bicyclic) bond motifs is 1. The molecule has 0 spiro atoms. The fraction of sp³-hybridized carbons (Fsp3) is 0.360. The molecule has 0 aliphatic heterocycles. The fourth-order valence-electron chi connectivity index (χ4n) is 3.26. The maximum atomic E-state index is 12.8. The summed E-state index contributed by atoms with van der Waals surface area (Å²) in [6.07, 6.45) is 1.67. The first kappa shape index (κ1) is 26.3. The van der Waals surface area contributed by atoms with Gasteiger partial charge >= 0.3 is 0 Å². The smallest absolute Gasteiger partial charge is 0.255 e. The summed E-state index contributed by atoms with van der Waals surface area (Å²) in [5.74, 6) is 0.913. The molecule has 182 valence electrons. The molecule has 1 heterocycles. The standard InChI is InChI=1S/C25H31Cl2N3O3Si/c1-17-11-18-12-20(33-24-21(26)13-19(14-22(24)27)28-15-29(2)3)7-8-23(18)30(25(17)31)16-32-9-10-34(4,5)6/h7-8,11-15H,9-10,16H2,1-6H3. The number of aromatic nitrogens is 1. The molecule has 0 saturated carbocycles. The Labute approximate surface area is 211 Å². The van der Waals surface area contributed by atoms with Gasteiger partial charge in [-0.15, -0.1) is 0 Å². The molecule has 0 N–H and O–H groups in total. The zero-order chi connectivity index (χ0) is 25.0. The average molecular weight is 521 g/mol. The van der Waals surface area contributed by atoms with Gasteiger partial charge in [-0.3, -0.25) is 9.36 Å². The fourth-order valence-corrected chi connectivity index (χ4v) is 4.57. The molecule has 0 atom stereocenters. The quantitative estimate of drug-likeness (QED) is 0.133. The first-order valence-corrected chi connectivity index (χ1v) is 15.5. The number of aryl methyl sites for hydroxylation is 1. The van der Waals surface area contributed by atoms with Gasteiger partial charge in [0.15, 0.2) is 5.75 Å². The first-order valence-electron chi connectivity index (χ1n) is 11.0. The molecule has 9 heteroatoms. The van der Waals surface area contributed by atoms with Crippen LogP contribution in [0, 0.1) is 6.92 Å². The molecule has 0 bridgehead atoms. The van der Waals surface area contributed by atoms with Crippen molar-refractivity contribution in [3.05, 3.63) is 62.4 Å².